The monoisotopic (exact) mass is 489 g/mol. The summed E-state index contributed by atoms with van der Waals surface area (Å²) in [6, 6.07) is 0. The van der Waals surface area contributed by atoms with E-state index < -0.39 is 17.7 Å². The molecule has 0 aromatic heterocycles. The summed E-state index contributed by atoms with van der Waals surface area (Å²) in [5.41, 5.74) is 2.04. The van der Waals surface area contributed by atoms with E-state index in [9.17, 15) is 9.59 Å². The molecule has 0 saturated carbocycles. The summed E-state index contributed by atoms with van der Waals surface area (Å²) in [4.78, 5) is 28.1. The van der Waals surface area contributed by atoms with Crippen LogP contribution >= 0.6 is 0 Å². The van der Waals surface area contributed by atoms with Crippen molar-refractivity contribution in [2.24, 2.45) is 5.41 Å². The van der Waals surface area contributed by atoms with Crippen LogP contribution < -0.4 is 0 Å². The van der Waals surface area contributed by atoms with Gasteiger partial charge in [0.1, 0.15) is 5.57 Å². The number of allylic oxidation sites excluding steroid dienone is 3. The Kier molecular flexibility index (Phi) is 11.9. The number of cyclic esters (lactones) is 2. The summed E-state index contributed by atoms with van der Waals surface area (Å²) in [5.74, 6) is -2.34. The van der Waals surface area contributed by atoms with Gasteiger partial charge >= 0.3 is 11.9 Å². The third kappa shape index (κ3) is 10.0. The highest BCUT2D eigenvalue weighted by Crippen LogP contribution is 2.41. The standard InChI is InChI=1S/C30H51NO4/c1-7-9-11-13-15-17-19-31(20-18-16-14-12-10-8-2)25-21-24(22-29(3,4)23-25)26-27(32)34-30(5,6)35-28(26)33/h21H,7-20,22-23H2,1-6H3. The molecule has 200 valence electrons. The highest BCUT2D eigenvalue weighted by atomic mass is 16.7. The minimum absolute atomic E-state index is 0.0412. The van der Waals surface area contributed by atoms with Crippen LogP contribution in [0.25, 0.3) is 0 Å². The Morgan fingerprint density at radius 2 is 1.17 bits per heavy atom. The molecule has 1 aliphatic carbocycles. The Balaban J connectivity index is 2.19. The largest absolute Gasteiger partial charge is 0.419 e. The van der Waals surface area contributed by atoms with Crippen molar-refractivity contribution in [3.05, 3.63) is 22.9 Å². The van der Waals surface area contributed by atoms with Gasteiger partial charge in [0.05, 0.1) is 0 Å². The van der Waals surface area contributed by atoms with E-state index in [1.165, 1.54) is 82.7 Å². The zero-order valence-electron chi connectivity index (χ0n) is 23.5. The van der Waals surface area contributed by atoms with Crippen molar-refractivity contribution >= 4 is 11.9 Å². The van der Waals surface area contributed by atoms with Gasteiger partial charge in [-0.15, -0.1) is 0 Å². The first kappa shape index (κ1) is 29.5. The van der Waals surface area contributed by atoms with Crippen molar-refractivity contribution in [2.45, 2.75) is 137 Å². The molecule has 0 unspecified atom stereocenters. The molecule has 2 rings (SSSR count). The van der Waals surface area contributed by atoms with Gasteiger partial charge in [0, 0.05) is 32.6 Å². The van der Waals surface area contributed by atoms with Crippen molar-refractivity contribution in [3.63, 3.8) is 0 Å². The Morgan fingerprint density at radius 1 is 0.714 bits per heavy atom. The molecule has 5 heteroatoms. The van der Waals surface area contributed by atoms with E-state index in [1.807, 2.05) is 0 Å². The van der Waals surface area contributed by atoms with Crippen LogP contribution in [0.1, 0.15) is 131 Å². The SMILES string of the molecule is CCCCCCCCN(CCCCCCCC)C1=CC(=C2C(=O)OC(C)(C)OC2=O)CC(C)(C)C1. The fourth-order valence-corrected chi connectivity index (χ4v) is 5.22. The van der Waals surface area contributed by atoms with Gasteiger partial charge in [0.25, 0.3) is 5.79 Å². The molecule has 1 heterocycles. The molecule has 0 spiro atoms. The third-order valence-corrected chi connectivity index (χ3v) is 7.05. The number of hydrogen-bond acceptors (Lipinski definition) is 5. The molecule has 2 aliphatic rings. The van der Waals surface area contributed by atoms with E-state index >= 15 is 0 Å². The number of nitrogens with zero attached hydrogens (tertiary/aromatic N) is 1. The third-order valence-electron chi connectivity index (χ3n) is 7.05. The summed E-state index contributed by atoms with van der Waals surface area (Å²) in [6.45, 7) is 14.2. The van der Waals surface area contributed by atoms with Gasteiger partial charge in [-0.1, -0.05) is 91.9 Å². The van der Waals surface area contributed by atoms with Gasteiger partial charge in [0.15, 0.2) is 0 Å². The zero-order chi connectivity index (χ0) is 25.9. The second-order valence-corrected chi connectivity index (χ2v) is 11.8. The number of esters is 2. The first-order chi connectivity index (χ1) is 16.6. The zero-order valence-corrected chi connectivity index (χ0v) is 23.5. The highest BCUT2D eigenvalue weighted by Gasteiger charge is 2.42. The summed E-state index contributed by atoms with van der Waals surface area (Å²) < 4.78 is 10.8. The van der Waals surface area contributed by atoms with Crippen LogP contribution in [0.5, 0.6) is 0 Å². The highest BCUT2D eigenvalue weighted by molar-refractivity contribution is 6.16. The quantitative estimate of drug-likeness (QED) is 0.101. The molecular weight excluding hydrogens is 438 g/mol. The molecule has 1 fully saturated rings. The molecule has 0 radical (unpaired) electrons. The number of rotatable bonds is 15. The van der Waals surface area contributed by atoms with Crippen LogP contribution in [-0.2, 0) is 19.1 Å². The Hall–Kier alpha value is -1.78. The minimum atomic E-state index is -1.21. The topological polar surface area (TPSA) is 55.8 Å². The summed E-state index contributed by atoms with van der Waals surface area (Å²) in [7, 11) is 0. The van der Waals surface area contributed by atoms with Crippen molar-refractivity contribution in [2.75, 3.05) is 13.1 Å². The van der Waals surface area contributed by atoms with Crippen LogP contribution in [-0.4, -0.2) is 35.7 Å². The molecule has 0 amide bonds. The van der Waals surface area contributed by atoms with Gasteiger partial charge in [-0.3, -0.25) is 0 Å². The molecule has 0 N–H and O–H groups in total. The van der Waals surface area contributed by atoms with E-state index in [0.717, 1.165) is 25.1 Å². The average molecular weight is 490 g/mol. The van der Waals surface area contributed by atoms with Crippen LogP contribution in [0, 0.1) is 5.41 Å². The first-order valence-corrected chi connectivity index (χ1v) is 14.2. The lowest BCUT2D eigenvalue weighted by molar-refractivity contribution is -0.222. The molecule has 1 aliphatic heterocycles. The minimum Gasteiger partial charge on any atom is -0.419 e. The number of carbonyl (C=O) groups is 2. The second kappa shape index (κ2) is 14.1. The number of carbonyl (C=O) groups excluding carboxylic acids is 2. The summed E-state index contributed by atoms with van der Waals surface area (Å²) >= 11 is 0. The van der Waals surface area contributed by atoms with Crippen LogP contribution in [0.4, 0.5) is 0 Å². The van der Waals surface area contributed by atoms with E-state index in [-0.39, 0.29) is 11.0 Å². The lowest BCUT2D eigenvalue weighted by Crippen LogP contribution is -2.43. The molecule has 35 heavy (non-hydrogen) atoms. The lowest BCUT2D eigenvalue weighted by Gasteiger charge is -2.39. The Labute approximate surface area is 214 Å². The molecular formula is C30H51NO4. The van der Waals surface area contributed by atoms with Gasteiger partial charge in [-0.05, 0) is 42.7 Å². The Morgan fingerprint density at radius 3 is 1.66 bits per heavy atom. The maximum Gasteiger partial charge on any atom is 0.349 e. The van der Waals surface area contributed by atoms with Crippen molar-refractivity contribution in [1.82, 2.24) is 4.90 Å². The van der Waals surface area contributed by atoms with Gasteiger partial charge in [-0.2, -0.15) is 0 Å². The van der Waals surface area contributed by atoms with Crippen molar-refractivity contribution < 1.29 is 19.1 Å². The average Bonchev–Trinajstić information content (AvgIpc) is 2.74. The number of hydrogen-bond donors (Lipinski definition) is 0. The van der Waals surface area contributed by atoms with Gasteiger partial charge in [-0.25, -0.2) is 9.59 Å². The smallest absolute Gasteiger partial charge is 0.349 e. The van der Waals surface area contributed by atoms with E-state index in [0.29, 0.717) is 6.42 Å². The first-order valence-electron chi connectivity index (χ1n) is 14.2. The van der Waals surface area contributed by atoms with Crippen molar-refractivity contribution in [1.29, 1.82) is 0 Å². The van der Waals surface area contributed by atoms with Crippen LogP contribution in [0.2, 0.25) is 0 Å². The number of ether oxygens (including phenoxy) is 2. The molecule has 5 nitrogen and oxygen atoms in total. The fourth-order valence-electron chi connectivity index (χ4n) is 5.22. The molecule has 0 aromatic rings. The van der Waals surface area contributed by atoms with Gasteiger partial charge in [0.2, 0.25) is 0 Å². The predicted octanol–water partition coefficient (Wildman–Crippen LogP) is 7.85. The molecule has 1 saturated heterocycles. The summed E-state index contributed by atoms with van der Waals surface area (Å²) in [5, 5.41) is 0. The lowest BCUT2D eigenvalue weighted by atomic mass is 9.75. The maximum absolute atomic E-state index is 12.8. The fraction of sp³-hybridized carbons (Fsp3) is 0.800. The summed E-state index contributed by atoms with van der Waals surface area (Å²) in [6.07, 6.45) is 19.0. The van der Waals surface area contributed by atoms with E-state index in [4.69, 9.17) is 9.47 Å². The van der Waals surface area contributed by atoms with Gasteiger partial charge < -0.3 is 14.4 Å². The predicted molar refractivity (Wildman–Crippen MR) is 143 cm³/mol. The Bertz CT molecular complexity index is 724. The van der Waals surface area contributed by atoms with Crippen LogP contribution in [0.3, 0.4) is 0 Å². The van der Waals surface area contributed by atoms with E-state index in [2.05, 4.69) is 38.7 Å². The van der Waals surface area contributed by atoms with E-state index in [1.54, 1.807) is 13.8 Å². The van der Waals surface area contributed by atoms with Crippen molar-refractivity contribution in [3.8, 4) is 0 Å². The normalized spacial score (nSPS) is 19.3. The molecule has 0 aromatic carbocycles. The molecule has 0 atom stereocenters. The van der Waals surface area contributed by atoms with Crippen LogP contribution in [0.15, 0.2) is 22.9 Å². The number of unbranched alkanes of at least 4 members (excludes halogenated alkanes) is 10. The molecule has 0 bridgehead atoms. The maximum atomic E-state index is 12.8. The second-order valence-electron chi connectivity index (χ2n) is 11.8.